The Balaban J connectivity index is 1.44. The first-order chi connectivity index (χ1) is 10.8. The van der Waals surface area contributed by atoms with Gasteiger partial charge < -0.3 is 23.4 Å². The third kappa shape index (κ3) is 2.60. The average Bonchev–Trinajstić information content (AvgIpc) is 3.21. The van der Waals surface area contributed by atoms with Crippen molar-refractivity contribution < 1.29 is 23.4 Å². The molecule has 0 aromatic carbocycles. The van der Waals surface area contributed by atoms with E-state index in [1.54, 1.807) is 12.5 Å². The zero-order valence-corrected chi connectivity index (χ0v) is 13.0. The van der Waals surface area contributed by atoms with Gasteiger partial charge in [-0.05, 0) is 25.3 Å². The maximum Gasteiger partial charge on any atom is 0.190 e. The minimum Gasteiger partial charge on any atom is -0.472 e. The Bertz CT molecular complexity index is 479. The number of hydrogen-bond acceptors (Lipinski definition) is 5. The second-order valence-electron chi connectivity index (χ2n) is 6.53. The molecule has 3 fully saturated rings. The molecule has 5 nitrogen and oxygen atoms in total. The summed E-state index contributed by atoms with van der Waals surface area (Å²) in [5.74, 6) is -0.427. The number of fused-ring (bicyclic) bond motifs is 1. The molecule has 22 heavy (non-hydrogen) atoms. The molecule has 1 saturated carbocycles. The molecule has 1 spiro atoms. The summed E-state index contributed by atoms with van der Waals surface area (Å²) in [6.45, 7) is 2.62. The van der Waals surface area contributed by atoms with Crippen molar-refractivity contribution in [2.45, 2.75) is 82.4 Å². The van der Waals surface area contributed by atoms with Crippen LogP contribution in [0.4, 0.5) is 0 Å². The lowest BCUT2D eigenvalue weighted by atomic mass is 9.94. The molecule has 1 aromatic heterocycles. The van der Waals surface area contributed by atoms with E-state index in [9.17, 15) is 0 Å². The molecule has 5 heteroatoms. The lowest BCUT2D eigenvalue weighted by molar-refractivity contribution is -0.249. The summed E-state index contributed by atoms with van der Waals surface area (Å²) in [5, 5.41) is 0. The number of furan rings is 1. The Hall–Kier alpha value is -0.880. The largest absolute Gasteiger partial charge is 0.472 e. The van der Waals surface area contributed by atoms with E-state index in [0.29, 0.717) is 6.61 Å². The maximum absolute atomic E-state index is 6.33. The fourth-order valence-electron chi connectivity index (χ4n) is 3.82. The smallest absolute Gasteiger partial charge is 0.190 e. The van der Waals surface area contributed by atoms with Crippen LogP contribution in [0.2, 0.25) is 0 Å². The Morgan fingerprint density at radius 2 is 2.09 bits per heavy atom. The lowest BCUT2D eigenvalue weighted by Crippen LogP contribution is -2.39. The third-order valence-corrected chi connectivity index (χ3v) is 4.99. The Morgan fingerprint density at radius 1 is 1.23 bits per heavy atom. The molecule has 2 saturated heterocycles. The van der Waals surface area contributed by atoms with Crippen LogP contribution in [0.25, 0.3) is 0 Å². The monoisotopic (exact) mass is 308 g/mol. The van der Waals surface area contributed by atoms with Crippen LogP contribution in [0.5, 0.6) is 0 Å². The van der Waals surface area contributed by atoms with Crippen molar-refractivity contribution in [3.05, 3.63) is 24.2 Å². The summed E-state index contributed by atoms with van der Waals surface area (Å²) in [6, 6.07) is 1.92. The van der Waals surface area contributed by atoms with Crippen LogP contribution in [0, 0.1) is 0 Å². The molecule has 2 aliphatic heterocycles. The molecule has 0 radical (unpaired) electrons. The summed E-state index contributed by atoms with van der Waals surface area (Å²) in [5.41, 5.74) is 1.03. The van der Waals surface area contributed by atoms with Crippen molar-refractivity contribution in [1.29, 1.82) is 0 Å². The van der Waals surface area contributed by atoms with E-state index in [1.807, 2.05) is 6.07 Å². The van der Waals surface area contributed by atoms with Crippen LogP contribution in [-0.2, 0) is 25.6 Å². The second-order valence-corrected chi connectivity index (χ2v) is 6.53. The van der Waals surface area contributed by atoms with Gasteiger partial charge in [-0.1, -0.05) is 13.3 Å². The van der Waals surface area contributed by atoms with E-state index >= 15 is 0 Å². The molecule has 0 amide bonds. The lowest BCUT2D eigenvalue weighted by Gasteiger charge is -2.34. The predicted octanol–water partition coefficient (Wildman–Crippen LogP) is 3.38. The summed E-state index contributed by atoms with van der Waals surface area (Å²) < 4.78 is 29.8. The van der Waals surface area contributed by atoms with Gasteiger partial charge in [-0.3, -0.25) is 0 Å². The van der Waals surface area contributed by atoms with Gasteiger partial charge in [0.2, 0.25) is 0 Å². The topological polar surface area (TPSA) is 50.1 Å². The van der Waals surface area contributed by atoms with E-state index in [2.05, 4.69) is 6.92 Å². The molecule has 1 aromatic rings. The number of hydrogen-bond donors (Lipinski definition) is 0. The van der Waals surface area contributed by atoms with Crippen molar-refractivity contribution >= 4 is 0 Å². The van der Waals surface area contributed by atoms with Crippen LogP contribution in [0.3, 0.4) is 0 Å². The number of ether oxygens (including phenoxy) is 4. The third-order valence-electron chi connectivity index (χ3n) is 4.99. The van der Waals surface area contributed by atoms with Gasteiger partial charge in [0.25, 0.3) is 0 Å². The van der Waals surface area contributed by atoms with Gasteiger partial charge in [0.15, 0.2) is 12.1 Å². The molecule has 1 aliphatic carbocycles. The first-order valence-electron chi connectivity index (χ1n) is 8.43. The van der Waals surface area contributed by atoms with Crippen molar-refractivity contribution in [3.63, 3.8) is 0 Å². The average molecular weight is 308 g/mol. The highest BCUT2D eigenvalue weighted by molar-refractivity contribution is 5.04. The van der Waals surface area contributed by atoms with Crippen molar-refractivity contribution in [2.75, 3.05) is 0 Å². The summed E-state index contributed by atoms with van der Waals surface area (Å²) >= 11 is 0. The molecule has 3 aliphatic rings. The highest BCUT2D eigenvalue weighted by Gasteiger charge is 2.57. The zero-order valence-electron chi connectivity index (χ0n) is 13.0. The highest BCUT2D eigenvalue weighted by Crippen LogP contribution is 2.46. The summed E-state index contributed by atoms with van der Waals surface area (Å²) in [7, 11) is 0. The fourth-order valence-corrected chi connectivity index (χ4v) is 3.82. The zero-order chi connectivity index (χ0) is 15.0. The fraction of sp³-hybridized carbons (Fsp3) is 0.765. The van der Waals surface area contributed by atoms with Gasteiger partial charge in [-0.25, -0.2) is 0 Å². The van der Waals surface area contributed by atoms with Gasteiger partial charge in [0.05, 0.1) is 25.2 Å². The standard InChI is InChI=1S/C17H24O5/c1-2-13-14(19-11-12-6-9-18-10-12)15-16(20-13)22-17(21-15)7-4-3-5-8-17/h6,9-10,13-16H,2-5,7-8,11H2,1H3/t13-,14+,15-,16-/m1/s1. The molecule has 4 atom stereocenters. The quantitative estimate of drug-likeness (QED) is 0.853. The van der Waals surface area contributed by atoms with Gasteiger partial charge >= 0.3 is 0 Å². The molecule has 0 unspecified atom stereocenters. The normalized spacial score (nSPS) is 36.8. The molecular formula is C17H24O5. The first-order valence-corrected chi connectivity index (χ1v) is 8.43. The van der Waals surface area contributed by atoms with Gasteiger partial charge in [0, 0.05) is 18.4 Å². The van der Waals surface area contributed by atoms with Crippen LogP contribution in [0.15, 0.2) is 23.0 Å². The molecule has 3 heterocycles. The van der Waals surface area contributed by atoms with Crippen LogP contribution < -0.4 is 0 Å². The molecule has 0 N–H and O–H groups in total. The van der Waals surface area contributed by atoms with Crippen LogP contribution in [-0.4, -0.2) is 30.4 Å². The van der Waals surface area contributed by atoms with Gasteiger partial charge in [-0.2, -0.15) is 0 Å². The summed E-state index contributed by atoms with van der Waals surface area (Å²) in [6.07, 6.45) is 9.35. The molecule has 0 bridgehead atoms. The SMILES string of the molecule is CC[C@H]1O[C@@H]2OC3(CCCCC3)O[C@@H]2[C@H]1OCc1ccoc1. The van der Waals surface area contributed by atoms with E-state index in [1.165, 1.54) is 6.42 Å². The predicted molar refractivity (Wildman–Crippen MR) is 78.0 cm³/mol. The molecular weight excluding hydrogens is 284 g/mol. The highest BCUT2D eigenvalue weighted by atomic mass is 16.8. The van der Waals surface area contributed by atoms with Crippen molar-refractivity contribution in [3.8, 4) is 0 Å². The summed E-state index contributed by atoms with van der Waals surface area (Å²) in [4.78, 5) is 0. The van der Waals surface area contributed by atoms with E-state index in [4.69, 9.17) is 23.4 Å². The van der Waals surface area contributed by atoms with E-state index in [0.717, 1.165) is 37.7 Å². The van der Waals surface area contributed by atoms with Crippen molar-refractivity contribution in [2.24, 2.45) is 0 Å². The Morgan fingerprint density at radius 3 is 2.82 bits per heavy atom. The van der Waals surface area contributed by atoms with Crippen LogP contribution in [0.1, 0.15) is 51.0 Å². The molecule has 122 valence electrons. The van der Waals surface area contributed by atoms with E-state index < -0.39 is 5.79 Å². The Kier molecular flexibility index (Phi) is 3.98. The Labute approximate surface area is 130 Å². The van der Waals surface area contributed by atoms with Gasteiger partial charge in [-0.15, -0.1) is 0 Å². The number of rotatable bonds is 4. The second kappa shape index (κ2) is 5.96. The maximum atomic E-state index is 6.33. The minimum atomic E-state index is -0.427. The van der Waals surface area contributed by atoms with Crippen molar-refractivity contribution in [1.82, 2.24) is 0 Å². The minimum absolute atomic E-state index is 0.0304. The van der Waals surface area contributed by atoms with E-state index in [-0.39, 0.29) is 24.6 Å². The van der Waals surface area contributed by atoms with Crippen LogP contribution >= 0.6 is 0 Å². The molecule has 4 rings (SSSR count). The first kappa shape index (κ1) is 14.7. The van der Waals surface area contributed by atoms with Gasteiger partial charge in [0.1, 0.15) is 12.2 Å².